The molecule has 7 bridgehead atoms. The third kappa shape index (κ3) is 3.62. The molecule has 1 aliphatic heterocycles. The molecule has 46 heavy (non-hydrogen) atoms. The zero-order valence-electron chi connectivity index (χ0n) is 27.3. The highest BCUT2D eigenvalue weighted by Crippen LogP contribution is 2.80. The predicted octanol–water partition coefficient (Wildman–Crippen LogP) is 0.648. The minimum atomic E-state index is -1.83. The third-order valence-corrected chi connectivity index (χ3v) is 13.2. The number of ether oxygens (including phenoxy) is 6. The number of fused-ring (bicyclic) bond motifs is 2. The van der Waals surface area contributed by atoms with E-state index in [1.54, 1.807) is 51.7 Å². The van der Waals surface area contributed by atoms with Crippen molar-refractivity contribution in [1.29, 1.82) is 0 Å². The number of benzene rings is 1. The maximum absolute atomic E-state index is 13.8. The van der Waals surface area contributed by atoms with E-state index in [4.69, 9.17) is 28.4 Å². The van der Waals surface area contributed by atoms with Crippen LogP contribution in [0.25, 0.3) is 0 Å². The van der Waals surface area contributed by atoms with Crippen LogP contribution in [-0.2, 0) is 33.2 Å². The summed E-state index contributed by atoms with van der Waals surface area (Å²) in [7, 11) is 6.27. The summed E-state index contributed by atoms with van der Waals surface area (Å²) in [6.07, 6.45) is -5.49. The lowest BCUT2D eigenvalue weighted by Gasteiger charge is -2.70. The van der Waals surface area contributed by atoms with E-state index in [0.29, 0.717) is 25.1 Å². The molecule has 1 saturated heterocycles. The lowest BCUT2D eigenvalue weighted by Crippen LogP contribution is -2.81. The van der Waals surface area contributed by atoms with Gasteiger partial charge in [-0.1, -0.05) is 25.1 Å². The van der Waals surface area contributed by atoms with E-state index < -0.39 is 88.3 Å². The van der Waals surface area contributed by atoms with E-state index in [-0.39, 0.29) is 25.0 Å². The van der Waals surface area contributed by atoms with Gasteiger partial charge in [-0.15, -0.1) is 0 Å². The Hall–Kier alpha value is -2.16. The molecule has 15 atom stereocenters. The Morgan fingerprint density at radius 2 is 1.72 bits per heavy atom. The number of esters is 2. The van der Waals surface area contributed by atoms with Gasteiger partial charge in [0, 0.05) is 83.0 Å². The monoisotopic (exact) mass is 645 g/mol. The second kappa shape index (κ2) is 10.9. The molecular weight excluding hydrogens is 598 g/mol. The summed E-state index contributed by atoms with van der Waals surface area (Å²) in [5, 5.41) is 37.3. The first kappa shape index (κ1) is 32.4. The minimum Gasteiger partial charge on any atom is -0.455 e. The lowest BCUT2D eigenvalue weighted by molar-refractivity contribution is -0.322. The summed E-state index contributed by atoms with van der Waals surface area (Å²) in [5.41, 5.74) is -4.79. The quantitative estimate of drug-likeness (QED) is 0.323. The number of nitrogens with zero attached hydrogens (tertiary/aromatic N) is 1. The first-order valence-corrected chi connectivity index (χ1v) is 16.3. The first-order chi connectivity index (χ1) is 22.0. The van der Waals surface area contributed by atoms with Gasteiger partial charge in [0.2, 0.25) is 0 Å². The number of aliphatic hydroxyl groups excluding tert-OH is 2. The van der Waals surface area contributed by atoms with Gasteiger partial charge in [-0.3, -0.25) is 9.69 Å². The van der Waals surface area contributed by atoms with Crippen LogP contribution in [0.1, 0.15) is 37.0 Å². The van der Waals surface area contributed by atoms with Crippen molar-refractivity contribution in [1.82, 2.24) is 4.90 Å². The second-order valence-electron chi connectivity index (χ2n) is 14.4. The van der Waals surface area contributed by atoms with Crippen molar-refractivity contribution in [2.45, 2.75) is 80.6 Å². The number of aliphatic hydroxyl groups is 3. The molecule has 0 aromatic heterocycles. The summed E-state index contributed by atoms with van der Waals surface area (Å²) in [4.78, 5) is 29.3. The molecule has 6 fully saturated rings. The van der Waals surface area contributed by atoms with Crippen molar-refractivity contribution in [2.75, 3.05) is 48.1 Å². The molecule has 0 amide bonds. The standard InChI is InChI=1S/C34H47NO11/c1-7-35-15-31(16-41-3)20(37)13-21(42-4)33-19-14-32(40)28(45-30(39)18-11-9-8-10-12-18)22(19)34(46-17(2)36,27(38)29(32)44-6)23(26(33)35)24(43-5)25(31)33/h8-12,19-29,37-38,40H,7,13-16H2,1-6H3/t19-,20-,21+,22-,23-,24-,25-,26-,27+,28-,29+,31+,32-,33-,34+/m1/s1. The summed E-state index contributed by atoms with van der Waals surface area (Å²) in [5.74, 6) is -3.65. The fraction of sp³-hybridized carbons (Fsp3) is 0.765. The van der Waals surface area contributed by atoms with Crippen LogP contribution < -0.4 is 0 Å². The molecular formula is C34H47NO11. The third-order valence-electron chi connectivity index (χ3n) is 13.2. The zero-order valence-corrected chi connectivity index (χ0v) is 27.3. The van der Waals surface area contributed by atoms with Crippen LogP contribution in [-0.4, -0.2) is 134 Å². The summed E-state index contributed by atoms with van der Waals surface area (Å²) in [6.45, 7) is 4.68. The molecule has 1 aromatic rings. The number of carbonyl (C=O) groups is 2. The van der Waals surface area contributed by atoms with Gasteiger partial charge in [0.05, 0.1) is 30.5 Å². The van der Waals surface area contributed by atoms with E-state index in [1.165, 1.54) is 14.0 Å². The van der Waals surface area contributed by atoms with Crippen LogP contribution in [0.4, 0.5) is 0 Å². The Morgan fingerprint density at radius 1 is 1.00 bits per heavy atom. The fourth-order valence-electron chi connectivity index (χ4n) is 12.3. The molecule has 1 spiro atoms. The number of hydrogen-bond acceptors (Lipinski definition) is 12. The van der Waals surface area contributed by atoms with Gasteiger partial charge in [0.25, 0.3) is 0 Å². The van der Waals surface area contributed by atoms with Crippen molar-refractivity contribution in [3.8, 4) is 0 Å². The Balaban J connectivity index is 1.53. The molecule has 5 saturated carbocycles. The van der Waals surface area contributed by atoms with Crippen LogP contribution in [0, 0.1) is 34.5 Å². The fourth-order valence-corrected chi connectivity index (χ4v) is 12.3. The Labute approximate surface area is 269 Å². The number of likely N-dealkylation sites (tertiary alicyclic amines) is 1. The molecule has 254 valence electrons. The Kier molecular flexibility index (Phi) is 7.69. The molecule has 0 unspecified atom stereocenters. The topological polar surface area (TPSA) is 153 Å². The smallest absolute Gasteiger partial charge is 0.338 e. The van der Waals surface area contributed by atoms with E-state index in [0.717, 1.165) is 0 Å². The number of rotatable bonds is 9. The molecule has 6 aliphatic rings. The number of piperidine rings is 1. The Bertz CT molecular complexity index is 1360. The van der Waals surface area contributed by atoms with E-state index in [2.05, 4.69) is 4.90 Å². The van der Waals surface area contributed by atoms with Crippen LogP contribution in [0.15, 0.2) is 30.3 Å². The minimum absolute atomic E-state index is 0.0791. The van der Waals surface area contributed by atoms with E-state index >= 15 is 0 Å². The SMILES string of the molecule is CCN1C[C@]2(COC)[C@H](O)C[C@H](OC)[C@]34[C@@H]5C[C@@]6(O)[C@H](OC(=O)c7ccccc7)[C@@H]5[C@](OC(C)=O)([C@H]([C@@H](OC)[C@H]23)[C@@H]14)[C@@H](O)[C@@H]6OC. The van der Waals surface area contributed by atoms with Crippen LogP contribution in [0.3, 0.4) is 0 Å². The van der Waals surface area contributed by atoms with Gasteiger partial charge < -0.3 is 43.7 Å². The zero-order chi connectivity index (χ0) is 33.0. The summed E-state index contributed by atoms with van der Waals surface area (Å²) < 4.78 is 37.4. The highest BCUT2D eigenvalue weighted by molar-refractivity contribution is 5.89. The molecule has 0 radical (unpaired) electrons. The van der Waals surface area contributed by atoms with Crippen LogP contribution in [0.2, 0.25) is 0 Å². The molecule has 12 nitrogen and oxygen atoms in total. The largest absolute Gasteiger partial charge is 0.455 e. The number of carbonyl (C=O) groups excluding carboxylic acids is 2. The number of methoxy groups -OCH3 is 4. The maximum atomic E-state index is 13.8. The molecule has 1 aromatic carbocycles. The van der Waals surface area contributed by atoms with Gasteiger partial charge in [0.1, 0.15) is 23.9 Å². The van der Waals surface area contributed by atoms with E-state index in [9.17, 15) is 24.9 Å². The lowest BCUT2D eigenvalue weighted by atomic mass is 9.42. The van der Waals surface area contributed by atoms with Crippen LogP contribution >= 0.6 is 0 Å². The first-order valence-electron chi connectivity index (χ1n) is 16.3. The molecule has 3 N–H and O–H groups in total. The number of hydrogen-bond donors (Lipinski definition) is 3. The van der Waals surface area contributed by atoms with Crippen LogP contribution in [0.5, 0.6) is 0 Å². The summed E-state index contributed by atoms with van der Waals surface area (Å²) in [6, 6.07) is 8.18. The average Bonchev–Trinajstić information content (AvgIpc) is 3.41. The summed E-state index contributed by atoms with van der Waals surface area (Å²) >= 11 is 0. The Morgan fingerprint density at radius 3 is 2.30 bits per heavy atom. The van der Waals surface area contributed by atoms with Crippen molar-refractivity contribution >= 4 is 11.9 Å². The molecule has 7 rings (SSSR count). The van der Waals surface area contributed by atoms with Crippen molar-refractivity contribution in [3.63, 3.8) is 0 Å². The van der Waals surface area contributed by atoms with Gasteiger partial charge >= 0.3 is 11.9 Å². The normalized spacial score (nSPS) is 49.9. The average molecular weight is 646 g/mol. The van der Waals surface area contributed by atoms with Crippen molar-refractivity contribution < 1.29 is 53.3 Å². The van der Waals surface area contributed by atoms with Crippen molar-refractivity contribution in [3.05, 3.63) is 35.9 Å². The molecule has 12 heteroatoms. The molecule has 1 heterocycles. The van der Waals surface area contributed by atoms with Gasteiger partial charge in [-0.2, -0.15) is 0 Å². The van der Waals surface area contributed by atoms with Gasteiger partial charge in [-0.05, 0) is 31.0 Å². The van der Waals surface area contributed by atoms with E-state index in [1.807, 2.05) is 6.92 Å². The second-order valence-corrected chi connectivity index (χ2v) is 14.4. The van der Waals surface area contributed by atoms with Crippen molar-refractivity contribution in [2.24, 2.45) is 34.5 Å². The van der Waals surface area contributed by atoms with Gasteiger partial charge in [0.15, 0.2) is 5.60 Å². The van der Waals surface area contributed by atoms with Gasteiger partial charge in [-0.25, -0.2) is 4.79 Å². The molecule has 5 aliphatic carbocycles. The highest BCUT2D eigenvalue weighted by atomic mass is 16.6. The highest BCUT2D eigenvalue weighted by Gasteiger charge is 2.92. The predicted molar refractivity (Wildman–Crippen MR) is 160 cm³/mol. The maximum Gasteiger partial charge on any atom is 0.338 e.